The minimum Gasteiger partial charge on any atom is -0.459 e. The average Bonchev–Trinajstić information content (AvgIpc) is 2.93. The van der Waals surface area contributed by atoms with E-state index in [2.05, 4.69) is 10.6 Å². The van der Waals surface area contributed by atoms with E-state index in [-0.39, 0.29) is 13.2 Å². The predicted molar refractivity (Wildman–Crippen MR) is 139 cm³/mol. The third-order valence-corrected chi connectivity index (χ3v) is 6.15. The van der Waals surface area contributed by atoms with Crippen molar-refractivity contribution in [2.45, 2.75) is 76.8 Å². The average molecular weight is 545 g/mol. The second kappa shape index (κ2) is 14.7. The van der Waals surface area contributed by atoms with Crippen LogP contribution in [0.25, 0.3) is 0 Å². The van der Waals surface area contributed by atoms with Crippen molar-refractivity contribution in [3.05, 3.63) is 71.8 Å². The van der Waals surface area contributed by atoms with Crippen LogP contribution in [-0.4, -0.2) is 77.4 Å². The number of esters is 1. The summed E-state index contributed by atoms with van der Waals surface area (Å²) in [5.41, 5.74) is 1.65. The van der Waals surface area contributed by atoms with Crippen LogP contribution in [0.15, 0.2) is 60.7 Å². The summed E-state index contributed by atoms with van der Waals surface area (Å²) in [5.74, 6) is -1.70. The molecule has 3 rings (SSSR count). The Balaban J connectivity index is 1.64. The highest BCUT2D eigenvalue weighted by Crippen LogP contribution is 2.26. The number of rotatable bonds is 12. The van der Waals surface area contributed by atoms with E-state index in [1.54, 1.807) is 0 Å². The van der Waals surface area contributed by atoms with E-state index in [1.807, 2.05) is 60.7 Å². The van der Waals surface area contributed by atoms with E-state index in [0.29, 0.717) is 0 Å². The first-order chi connectivity index (χ1) is 18.7. The van der Waals surface area contributed by atoms with Crippen LogP contribution >= 0.6 is 0 Å². The monoisotopic (exact) mass is 544 g/mol. The molecule has 0 saturated carbocycles. The van der Waals surface area contributed by atoms with Gasteiger partial charge in [0.25, 0.3) is 0 Å². The van der Waals surface area contributed by atoms with Gasteiger partial charge in [0.2, 0.25) is 11.8 Å². The number of aliphatic hydroxyl groups is 2. The van der Waals surface area contributed by atoms with Crippen molar-refractivity contribution in [3.63, 3.8) is 0 Å². The molecule has 2 amide bonds. The molecule has 212 valence electrons. The lowest BCUT2D eigenvalue weighted by atomic mass is 9.96. The van der Waals surface area contributed by atoms with E-state index in [1.165, 1.54) is 20.8 Å². The summed E-state index contributed by atoms with van der Waals surface area (Å²) in [6.07, 6.45) is -5.92. The Bertz CT molecular complexity index is 1070. The largest absolute Gasteiger partial charge is 0.459 e. The molecular weight excluding hydrogens is 508 g/mol. The third kappa shape index (κ3) is 8.84. The SMILES string of the molecule is CC(=O)N[C@@H]1[C@H](OCc2ccccc2)O[C@H](CO)[C@@H](O)[C@H]1O[C@H](C)C(=O)N[C@@H](C)C(=O)OCc1ccccc1. The Morgan fingerprint density at radius 3 is 2.13 bits per heavy atom. The molecule has 0 unspecified atom stereocenters. The Hall–Kier alpha value is -3.35. The number of amides is 2. The van der Waals surface area contributed by atoms with Crippen molar-refractivity contribution < 1.29 is 43.5 Å². The summed E-state index contributed by atoms with van der Waals surface area (Å²) >= 11 is 0. The maximum Gasteiger partial charge on any atom is 0.328 e. The number of aliphatic hydroxyl groups excluding tert-OH is 2. The first kappa shape index (κ1) is 30.2. The molecule has 0 radical (unpaired) electrons. The lowest BCUT2D eigenvalue weighted by molar-refractivity contribution is -0.283. The van der Waals surface area contributed by atoms with Crippen molar-refractivity contribution in [1.82, 2.24) is 10.6 Å². The van der Waals surface area contributed by atoms with E-state index in [4.69, 9.17) is 18.9 Å². The van der Waals surface area contributed by atoms with Gasteiger partial charge < -0.3 is 39.8 Å². The van der Waals surface area contributed by atoms with E-state index >= 15 is 0 Å². The molecule has 0 aromatic heterocycles. The van der Waals surface area contributed by atoms with Crippen LogP contribution < -0.4 is 10.6 Å². The van der Waals surface area contributed by atoms with Gasteiger partial charge in [-0.2, -0.15) is 0 Å². The van der Waals surface area contributed by atoms with Crippen molar-refractivity contribution in [1.29, 1.82) is 0 Å². The first-order valence-corrected chi connectivity index (χ1v) is 12.7. The highest BCUT2D eigenvalue weighted by atomic mass is 16.7. The van der Waals surface area contributed by atoms with Crippen LogP contribution in [0, 0.1) is 0 Å². The van der Waals surface area contributed by atoms with Crippen molar-refractivity contribution in [3.8, 4) is 0 Å². The third-order valence-electron chi connectivity index (χ3n) is 6.15. The van der Waals surface area contributed by atoms with E-state index in [0.717, 1.165) is 11.1 Å². The molecule has 0 aliphatic carbocycles. The Morgan fingerprint density at radius 1 is 0.974 bits per heavy atom. The minimum absolute atomic E-state index is 0.0610. The van der Waals surface area contributed by atoms with Gasteiger partial charge in [0.05, 0.1) is 13.2 Å². The zero-order valence-electron chi connectivity index (χ0n) is 22.2. The maximum atomic E-state index is 12.9. The van der Waals surface area contributed by atoms with Crippen LogP contribution in [0.1, 0.15) is 31.9 Å². The summed E-state index contributed by atoms with van der Waals surface area (Å²) in [6.45, 7) is 3.85. The number of carbonyl (C=O) groups excluding carboxylic acids is 3. The molecule has 0 bridgehead atoms. The van der Waals surface area contributed by atoms with Crippen LogP contribution in [0.2, 0.25) is 0 Å². The fourth-order valence-electron chi connectivity index (χ4n) is 4.05. The van der Waals surface area contributed by atoms with Gasteiger partial charge in [-0.15, -0.1) is 0 Å². The molecular formula is C28H36N2O9. The predicted octanol–water partition coefficient (Wildman–Crippen LogP) is 0.808. The number of hydrogen-bond donors (Lipinski definition) is 4. The van der Waals surface area contributed by atoms with Gasteiger partial charge in [-0.3, -0.25) is 9.59 Å². The molecule has 11 heteroatoms. The second-order valence-corrected chi connectivity index (χ2v) is 9.31. The zero-order chi connectivity index (χ0) is 28.4. The summed E-state index contributed by atoms with van der Waals surface area (Å²) in [6, 6.07) is 16.4. The van der Waals surface area contributed by atoms with E-state index < -0.39 is 67.2 Å². The van der Waals surface area contributed by atoms with Gasteiger partial charge in [0, 0.05) is 6.92 Å². The summed E-state index contributed by atoms with van der Waals surface area (Å²) < 4.78 is 22.8. The number of carbonyl (C=O) groups is 3. The number of hydrogen-bond acceptors (Lipinski definition) is 9. The maximum absolute atomic E-state index is 12.9. The molecule has 1 fully saturated rings. The topological polar surface area (TPSA) is 153 Å². The molecule has 2 aromatic rings. The van der Waals surface area contributed by atoms with Crippen molar-refractivity contribution >= 4 is 17.8 Å². The number of nitrogens with one attached hydrogen (secondary N) is 2. The molecule has 1 aliphatic heterocycles. The lowest BCUT2D eigenvalue weighted by Gasteiger charge is -2.44. The van der Waals surface area contributed by atoms with Gasteiger partial charge >= 0.3 is 5.97 Å². The zero-order valence-corrected chi connectivity index (χ0v) is 22.2. The van der Waals surface area contributed by atoms with Gasteiger partial charge in [-0.25, -0.2) is 4.79 Å². The normalized spacial score (nSPS) is 24.3. The standard InChI is InChI=1S/C28H36N2O9/c1-17(27(35)36-15-20-10-6-4-7-11-20)29-26(34)18(2)38-25-23(30-19(3)32)28(39-22(14-31)24(25)33)37-16-21-12-8-5-9-13-21/h4-13,17-18,22-25,28,31,33H,14-16H2,1-3H3,(H,29,34)(H,30,32)/t17-,18+,22+,23-,24+,25-,28+/m0/s1. The fourth-order valence-corrected chi connectivity index (χ4v) is 4.05. The van der Waals surface area contributed by atoms with Crippen LogP contribution in [-0.2, 0) is 46.5 Å². The Kier molecular flexibility index (Phi) is 11.4. The number of benzene rings is 2. The first-order valence-electron chi connectivity index (χ1n) is 12.7. The molecule has 1 heterocycles. The quantitative estimate of drug-likeness (QED) is 0.284. The molecule has 11 nitrogen and oxygen atoms in total. The minimum atomic E-state index is -1.40. The highest BCUT2D eigenvalue weighted by Gasteiger charge is 2.48. The van der Waals surface area contributed by atoms with Crippen LogP contribution in [0.5, 0.6) is 0 Å². The molecule has 1 aliphatic rings. The van der Waals surface area contributed by atoms with Gasteiger partial charge in [0.1, 0.15) is 43.1 Å². The van der Waals surface area contributed by atoms with Gasteiger partial charge in [0.15, 0.2) is 6.29 Å². The lowest BCUT2D eigenvalue weighted by Crippen LogP contribution is -2.66. The highest BCUT2D eigenvalue weighted by molar-refractivity contribution is 5.86. The second-order valence-electron chi connectivity index (χ2n) is 9.31. The molecule has 39 heavy (non-hydrogen) atoms. The van der Waals surface area contributed by atoms with Crippen LogP contribution in [0.4, 0.5) is 0 Å². The fraction of sp³-hybridized carbons (Fsp3) is 0.464. The Morgan fingerprint density at radius 2 is 1.56 bits per heavy atom. The summed E-state index contributed by atoms with van der Waals surface area (Å²) in [7, 11) is 0. The van der Waals surface area contributed by atoms with Gasteiger partial charge in [-0.05, 0) is 25.0 Å². The van der Waals surface area contributed by atoms with Crippen molar-refractivity contribution in [2.24, 2.45) is 0 Å². The molecule has 2 aromatic carbocycles. The number of ether oxygens (including phenoxy) is 4. The Labute approximate surface area is 227 Å². The van der Waals surface area contributed by atoms with Crippen molar-refractivity contribution in [2.75, 3.05) is 6.61 Å². The molecule has 0 spiro atoms. The summed E-state index contributed by atoms with van der Waals surface area (Å²) in [4.78, 5) is 37.2. The molecule has 7 atom stereocenters. The molecule has 4 N–H and O–H groups in total. The summed E-state index contributed by atoms with van der Waals surface area (Å²) in [5, 5.41) is 25.9. The smallest absolute Gasteiger partial charge is 0.328 e. The van der Waals surface area contributed by atoms with Crippen LogP contribution in [0.3, 0.4) is 0 Å². The van der Waals surface area contributed by atoms with E-state index in [9.17, 15) is 24.6 Å². The molecule has 1 saturated heterocycles. The van der Waals surface area contributed by atoms with Gasteiger partial charge in [-0.1, -0.05) is 60.7 Å².